The van der Waals surface area contributed by atoms with Gasteiger partial charge in [-0.15, -0.1) is 0 Å². The predicted molar refractivity (Wildman–Crippen MR) is 69.1 cm³/mol. The highest BCUT2D eigenvalue weighted by Gasteiger charge is 2.22. The minimum Gasteiger partial charge on any atom is -0.364 e. The van der Waals surface area contributed by atoms with Crippen LogP contribution in [0.3, 0.4) is 0 Å². The van der Waals surface area contributed by atoms with Gasteiger partial charge in [0.05, 0.1) is 11.5 Å². The third-order valence-electron chi connectivity index (χ3n) is 2.37. The average Bonchev–Trinajstić information content (AvgIpc) is 2.95. The van der Waals surface area contributed by atoms with Crippen LogP contribution in [0, 0.1) is 10.1 Å². The normalized spacial score (nSPS) is 10.2. The molecular formula is C10H13N7O3. The minimum atomic E-state index is -0.531. The fraction of sp³-hybridized carbons (Fsp3) is 0.400. The summed E-state index contributed by atoms with van der Waals surface area (Å²) in [6.07, 6.45) is 3.26. The third kappa shape index (κ3) is 3.16. The number of anilines is 2. The summed E-state index contributed by atoms with van der Waals surface area (Å²) >= 11 is 0. The average molecular weight is 279 g/mol. The first-order valence-corrected chi connectivity index (χ1v) is 5.94. The number of rotatable bonds is 7. The number of nitrogens with one attached hydrogen (secondary N) is 2. The van der Waals surface area contributed by atoms with E-state index >= 15 is 0 Å². The summed E-state index contributed by atoms with van der Waals surface area (Å²) in [5.41, 5.74) is -0.204. The summed E-state index contributed by atoms with van der Waals surface area (Å²) in [6, 6.07) is 0. The monoisotopic (exact) mass is 279 g/mol. The molecule has 0 fully saturated rings. The van der Waals surface area contributed by atoms with Gasteiger partial charge in [0.15, 0.2) is 5.82 Å². The van der Waals surface area contributed by atoms with Gasteiger partial charge in [0.25, 0.3) is 0 Å². The van der Waals surface area contributed by atoms with E-state index in [1.165, 1.54) is 12.7 Å². The molecule has 0 radical (unpaired) electrons. The van der Waals surface area contributed by atoms with Gasteiger partial charge in [-0.05, 0) is 6.42 Å². The van der Waals surface area contributed by atoms with Gasteiger partial charge in [-0.1, -0.05) is 12.1 Å². The van der Waals surface area contributed by atoms with Crippen LogP contribution in [-0.4, -0.2) is 31.6 Å². The molecule has 0 aliphatic rings. The molecule has 2 aromatic heterocycles. The number of nitro groups is 1. The zero-order chi connectivity index (χ0) is 14.4. The molecular weight excluding hydrogens is 266 g/mol. The van der Waals surface area contributed by atoms with Crippen LogP contribution >= 0.6 is 0 Å². The summed E-state index contributed by atoms with van der Waals surface area (Å²) in [7, 11) is 0. The Morgan fingerprint density at radius 1 is 1.30 bits per heavy atom. The van der Waals surface area contributed by atoms with Crippen molar-refractivity contribution >= 4 is 17.3 Å². The Morgan fingerprint density at radius 3 is 2.65 bits per heavy atom. The van der Waals surface area contributed by atoms with E-state index in [-0.39, 0.29) is 23.9 Å². The van der Waals surface area contributed by atoms with Gasteiger partial charge in [0.2, 0.25) is 18.0 Å². The molecule has 106 valence electrons. The Hall–Kier alpha value is -2.78. The van der Waals surface area contributed by atoms with Crippen molar-refractivity contribution in [1.82, 2.24) is 20.1 Å². The van der Waals surface area contributed by atoms with Gasteiger partial charge in [-0.3, -0.25) is 10.1 Å². The van der Waals surface area contributed by atoms with Crippen LogP contribution in [0.15, 0.2) is 17.2 Å². The largest absolute Gasteiger partial charge is 0.364 e. The van der Waals surface area contributed by atoms with E-state index in [9.17, 15) is 10.1 Å². The summed E-state index contributed by atoms with van der Waals surface area (Å²) in [4.78, 5) is 22.2. The van der Waals surface area contributed by atoms with E-state index in [4.69, 9.17) is 0 Å². The molecule has 0 aliphatic carbocycles. The third-order valence-corrected chi connectivity index (χ3v) is 2.37. The Kier molecular flexibility index (Phi) is 4.37. The van der Waals surface area contributed by atoms with Gasteiger partial charge in [-0.25, -0.2) is 9.97 Å². The number of aromatic nitrogens is 4. The van der Waals surface area contributed by atoms with E-state index in [2.05, 4.69) is 35.3 Å². The van der Waals surface area contributed by atoms with Crippen molar-refractivity contribution in [2.75, 3.05) is 17.2 Å². The smallest absolute Gasteiger partial charge is 0.353 e. The zero-order valence-electron chi connectivity index (χ0n) is 10.7. The molecule has 2 aromatic rings. The maximum atomic E-state index is 11.2. The Morgan fingerprint density at radius 2 is 2.05 bits per heavy atom. The summed E-state index contributed by atoms with van der Waals surface area (Å²) in [6.45, 7) is 2.71. The first kappa shape index (κ1) is 13.6. The van der Waals surface area contributed by atoms with Crippen molar-refractivity contribution in [2.24, 2.45) is 0 Å². The molecule has 10 nitrogen and oxygen atoms in total. The summed E-state index contributed by atoms with van der Waals surface area (Å²) < 4.78 is 4.58. The molecule has 10 heteroatoms. The molecule has 0 bridgehead atoms. The second-order valence-corrected chi connectivity index (χ2v) is 3.80. The lowest BCUT2D eigenvalue weighted by atomic mass is 10.4. The maximum Gasteiger partial charge on any atom is 0.353 e. The van der Waals surface area contributed by atoms with Crippen molar-refractivity contribution < 1.29 is 9.45 Å². The first-order chi connectivity index (χ1) is 9.72. The fourth-order valence-corrected chi connectivity index (χ4v) is 1.49. The zero-order valence-corrected chi connectivity index (χ0v) is 10.7. The van der Waals surface area contributed by atoms with Crippen molar-refractivity contribution in [3.63, 3.8) is 0 Å². The molecule has 0 atom stereocenters. The molecule has 0 aliphatic heterocycles. The molecule has 0 saturated carbocycles. The van der Waals surface area contributed by atoms with Crippen molar-refractivity contribution in [3.05, 3.63) is 28.7 Å². The lowest BCUT2D eigenvalue weighted by Gasteiger charge is -2.08. The summed E-state index contributed by atoms with van der Waals surface area (Å²) in [5, 5.41) is 20.5. The highest BCUT2D eigenvalue weighted by Crippen LogP contribution is 2.28. The van der Waals surface area contributed by atoms with Crippen molar-refractivity contribution in [1.29, 1.82) is 0 Å². The molecule has 20 heavy (non-hydrogen) atoms. The Balaban J connectivity index is 2.20. The molecule has 2 N–H and O–H groups in total. The standard InChI is InChI=1S/C10H13N7O3/c1-2-3-11-9-8(17(18)19)10(14-5-13-9)12-4-7-15-6-20-16-7/h5-6H,2-4H2,1H3,(H2,11,12,13,14). The molecule has 0 spiro atoms. The van der Waals surface area contributed by atoms with Gasteiger partial charge in [0.1, 0.15) is 6.33 Å². The minimum absolute atomic E-state index is 0.105. The van der Waals surface area contributed by atoms with Crippen LogP contribution < -0.4 is 10.6 Å². The summed E-state index contributed by atoms with van der Waals surface area (Å²) in [5.74, 6) is 0.664. The second kappa shape index (κ2) is 6.41. The Labute approximate surface area is 113 Å². The topological polar surface area (TPSA) is 132 Å². The van der Waals surface area contributed by atoms with Gasteiger partial charge in [0, 0.05) is 6.54 Å². The van der Waals surface area contributed by atoms with E-state index in [1.807, 2.05) is 6.92 Å². The number of nitrogens with zero attached hydrogens (tertiary/aromatic N) is 5. The van der Waals surface area contributed by atoms with Crippen LogP contribution in [0.2, 0.25) is 0 Å². The van der Waals surface area contributed by atoms with Crippen molar-refractivity contribution in [3.8, 4) is 0 Å². The van der Waals surface area contributed by atoms with Crippen LogP contribution in [-0.2, 0) is 6.54 Å². The van der Waals surface area contributed by atoms with E-state index in [0.717, 1.165) is 6.42 Å². The molecule has 0 saturated heterocycles. The fourth-order valence-electron chi connectivity index (χ4n) is 1.49. The highest BCUT2D eigenvalue weighted by atomic mass is 16.6. The Bertz CT molecular complexity index is 572. The van der Waals surface area contributed by atoms with Gasteiger partial charge >= 0.3 is 5.69 Å². The molecule has 0 unspecified atom stereocenters. The van der Waals surface area contributed by atoms with Gasteiger partial charge < -0.3 is 15.2 Å². The van der Waals surface area contributed by atoms with E-state index < -0.39 is 4.92 Å². The number of hydrogen-bond acceptors (Lipinski definition) is 9. The lowest BCUT2D eigenvalue weighted by molar-refractivity contribution is -0.383. The second-order valence-electron chi connectivity index (χ2n) is 3.80. The van der Waals surface area contributed by atoms with Crippen LogP contribution in [0.25, 0.3) is 0 Å². The molecule has 2 rings (SSSR count). The SMILES string of the molecule is CCCNc1ncnc(NCc2ncon2)c1[N+](=O)[O-]. The van der Waals surface area contributed by atoms with Crippen LogP contribution in [0.1, 0.15) is 19.2 Å². The van der Waals surface area contributed by atoms with Crippen molar-refractivity contribution in [2.45, 2.75) is 19.9 Å². The number of hydrogen-bond donors (Lipinski definition) is 2. The lowest BCUT2D eigenvalue weighted by Crippen LogP contribution is -2.10. The highest BCUT2D eigenvalue weighted by molar-refractivity contribution is 5.69. The molecule has 0 amide bonds. The van der Waals surface area contributed by atoms with Gasteiger partial charge in [-0.2, -0.15) is 4.98 Å². The molecule has 0 aromatic carbocycles. The van der Waals surface area contributed by atoms with E-state index in [1.54, 1.807) is 0 Å². The first-order valence-electron chi connectivity index (χ1n) is 5.94. The quantitative estimate of drug-likeness (QED) is 0.566. The van der Waals surface area contributed by atoms with E-state index in [0.29, 0.717) is 12.4 Å². The van der Waals surface area contributed by atoms with Crippen LogP contribution in [0.4, 0.5) is 17.3 Å². The van der Waals surface area contributed by atoms with Crippen LogP contribution in [0.5, 0.6) is 0 Å². The maximum absolute atomic E-state index is 11.2. The predicted octanol–water partition coefficient (Wildman–Crippen LogP) is 1.20. The molecule has 2 heterocycles.